The predicted octanol–water partition coefficient (Wildman–Crippen LogP) is 3.86. The summed E-state index contributed by atoms with van der Waals surface area (Å²) < 4.78 is 19.2. The van der Waals surface area contributed by atoms with E-state index in [0.29, 0.717) is 6.61 Å². The van der Waals surface area contributed by atoms with Crippen molar-refractivity contribution in [1.82, 2.24) is 0 Å². The second-order valence-electron chi connectivity index (χ2n) is 5.29. The molecule has 0 amide bonds. The molecule has 0 aromatic heterocycles. The zero-order valence-corrected chi connectivity index (χ0v) is 12.3. The fraction of sp³-hybridized carbons (Fsp3) is 0.333. The van der Waals surface area contributed by atoms with E-state index in [0.717, 1.165) is 18.4 Å². The number of nitrogens with two attached hydrogens (primary N) is 1. The van der Waals surface area contributed by atoms with Crippen LogP contribution in [-0.4, -0.2) is 12.6 Å². The Morgan fingerprint density at radius 2 is 1.86 bits per heavy atom. The van der Waals surface area contributed by atoms with E-state index in [1.54, 1.807) is 6.07 Å². The first kappa shape index (κ1) is 15.7. The second-order valence-corrected chi connectivity index (χ2v) is 5.29. The van der Waals surface area contributed by atoms with Crippen LogP contribution in [-0.2, 0) is 11.2 Å². The molecule has 2 unspecified atom stereocenters. The van der Waals surface area contributed by atoms with Crippen molar-refractivity contribution in [2.45, 2.75) is 31.9 Å². The van der Waals surface area contributed by atoms with E-state index in [1.165, 1.54) is 17.7 Å². The maximum absolute atomic E-state index is 13.3. The number of aryl methyl sites for hydroxylation is 1. The second kappa shape index (κ2) is 7.91. The van der Waals surface area contributed by atoms with Crippen LogP contribution in [0.4, 0.5) is 4.39 Å². The first-order chi connectivity index (χ1) is 10.2. The van der Waals surface area contributed by atoms with Gasteiger partial charge in [0, 0.05) is 12.6 Å². The lowest BCUT2D eigenvalue weighted by molar-refractivity contribution is 0.0368. The minimum atomic E-state index is -0.267. The van der Waals surface area contributed by atoms with Gasteiger partial charge in [0.05, 0.1) is 6.10 Å². The van der Waals surface area contributed by atoms with Gasteiger partial charge in [-0.15, -0.1) is 0 Å². The molecule has 0 radical (unpaired) electrons. The molecule has 2 rings (SSSR count). The standard InChI is InChI=1S/C18H22FNO/c1-14(20)18(16-10-5-11-17(19)13-16)21-12-6-9-15-7-3-2-4-8-15/h2-5,7-8,10-11,13-14,18H,6,9,12,20H2,1H3. The molecule has 0 aliphatic rings. The summed E-state index contributed by atoms with van der Waals surface area (Å²) in [5.41, 5.74) is 8.06. The Morgan fingerprint density at radius 1 is 1.10 bits per heavy atom. The van der Waals surface area contributed by atoms with Crippen molar-refractivity contribution in [3.8, 4) is 0 Å². The minimum absolute atomic E-state index is 0.177. The first-order valence-corrected chi connectivity index (χ1v) is 7.33. The molecule has 0 aliphatic carbocycles. The molecule has 0 saturated heterocycles. The van der Waals surface area contributed by atoms with Gasteiger partial charge in [0.1, 0.15) is 5.82 Å². The Hall–Kier alpha value is -1.71. The lowest BCUT2D eigenvalue weighted by atomic mass is 10.0. The van der Waals surface area contributed by atoms with Crippen molar-refractivity contribution in [2.75, 3.05) is 6.61 Å². The summed E-state index contributed by atoms with van der Waals surface area (Å²) in [7, 11) is 0. The van der Waals surface area contributed by atoms with Crippen molar-refractivity contribution in [2.24, 2.45) is 5.73 Å². The topological polar surface area (TPSA) is 35.2 Å². The summed E-state index contributed by atoms with van der Waals surface area (Å²) in [6, 6.07) is 16.6. The van der Waals surface area contributed by atoms with Crippen LogP contribution in [0, 0.1) is 5.82 Å². The zero-order chi connectivity index (χ0) is 15.1. The smallest absolute Gasteiger partial charge is 0.123 e. The first-order valence-electron chi connectivity index (χ1n) is 7.33. The fourth-order valence-corrected chi connectivity index (χ4v) is 2.37. The SMILES string of the molecule is CC(N)C(OCCCc1ccccc1)c1cccc(F)c1. The molecule has 0 saturated carbocycles. The van der Waals surface area contributed by atoms with E-state index in [2.05, 4.69) is 12.1 Å². The Bertz CT molecular complexity index is 542. The molecule has 0 heterocycles. The van der Waals surface area contributed by atoms with Crippen molar-refractivity contribution in [3.05, 3.63) is 71.5 Å². The van der Waals surface area contributed by atoms with Crippen LogP contribution >= 0.6 is 0 Å². The van der Waals surface area contributed by atoms with E-state index < -0.39 is 0 Å². The zero-order valence-electron chi connectivity index (χ0n) is 12.3. The molecule has 0 spiro atoms. The van der Waals surface area contributed by atoms with Crippen LogP contribution in [0.5, 0.6) is 0 Å². The third-order valence-electron chi connectivity index (χ3n) is 3.40. The molecular weight excluding hydrogens is 265 g/mol. The molecule has 2 nitrogen and oxygen atoms in total. The third-order valence-corrected chi connectivity index (χ3v) is 3.40. The van der Waals surface area contributed by atoms with Gasteiger partial charge >= 0.3 is 0 Å². The summed E-state index contributed by atoms with van der Waals surface area (Å²) in [6.45, 7) is 2.49. The number of hydrogen-bond donors (Lipinski definition) is 1. The van der Waals surface area contributed by atoms with Crippen molar-refractivity contribution < 1.29 is 9.13 Å². The van der Waals surface area contributed by atoms with Gasteiger partial charge < -0.3 is 10.5 Å². The van der Waals surface area contributed by atoms with E-state index >= 15 is 0 Å². The lowest BCUT2D eigenvalue weighted by Gasteiger charge is -2.22. The van der Waals surface area contributed by atoms with Crippen LogP contribution in [0.2, 0.25) is 0 Å². The third kappa shape index (κ3) is 4.96. The fourth-order valence-electron chi connectivity index (χ4n) is 2.37. The van der Waals surface area contributed by atoms with E-state index in [9.17, 15) is 4.39 Å². The van der Waals surface area contributed by atoms with Gasteiger partial charge in [-0.2, -0.15) is 0 Å². The lowest BCUT2D eigenvalue weighted by Crippen LogP contribution is -2.27. The highest BCUT2D eigenvalue weighted by atomic mass is 19.1. The van der Waals surface area contributed by atoms with Gasteiger partial charge in [-0.3, -0.25) is 0 Å². The van der Waals surface area contributed by atoms with Crippen molar-refractivity contribution in [1.29, 1.82) is 0 Å². The van der Waals surface area contributed by atoms with Gasteiger partial charge in [-0.1, -0.05) is 42.5 Å². The molecule has 2 aromatic rings. The summed E-state index contributed by atoms with van der Waals surface area (Å²) in [4.78, 5) is 0. The number of benzene rings is 2. The van der Waals surface area contributed by atoms with Gasteiger partial charge in [0.2, 0.25) is 0 Å². The molecule has 3 heteroatoms. The van der Waals surface area contributed by atoms with Gasteiger partial charge in [-0.25, -0.2) is 4.39 Å². The summed E-state index contributed by atoms with van der Waals surface area (Å²) >= 11 is 0. The van der Waals surface area contributed by atoms with Gasteiger partial charge in [0.15, 0.2) is 0 Å². The number of halogens is 1. The highest BCUT2D eigenvalue weighted by Crippen LogP contribution is 2.21. The van der Waals surface area contributed by atoms with Crippen LogP contribution in [0.3, 0.4) is 0 Å². The maximum atomic E-state index is 13.3. The Morgan fingerprint density at radius 3 is 2.52 bits per heavy atom. The van der Waals surface area contributed by atoms with Gasteiger partial charge in [0.25, 0.3) is 0 Å². The maximum Gasteiger partial charge on any atom is 0.123 e. The number of ether oxygens (including phenoxy) is 1. The van der Waals surface area contributed by atoms with Gasteiger partial charge in [-0.05, 0) is 43.0 Å². The highest BCUT2D eigenvalue weighted by molar-refractivity contribution is 5.20. The molecule has 0 aliphatic heterocycles. The van der Waals surface area contributed by atoms with Crippen molar-refractivity contribution >= 4 is 0 Å². The molecule has 0 fully saturated rings. The van der Waals surface area contributed by atoms with Crippen LogP contribution in [0.25, 0.3) is 0 Å². The normalized spacial score (nSPS) is 13.9. The van der Waals surface area contributed by atoms with Crippen LogP contribution in [0.1, 0.15) is 30.6 Å². The quantitative estimate of drug-likeness (QED) is 0.785. The van der Waals surface area contributed by atoms with Crippen LogP contribution in [0.15, 0.2) is 54.6 Å². The van der Waals surface area contributed by atoms with E-state index in [4.69, 9.17) is 10.5 Å². The van der Waals surface area contributed by atoms with Crippen LogP contribution < -0.4 is 5.73 Å². The van der Waals surface area contributed by atoms with E-state index in [-0.39, 0.29) is 18.0 Å². The predicted molar refractivity (Wildman–Crippen MR) is 83.5 cm³/mol. The molecule has 0 bridgehead atoms. The largest absolute Gasteiger partial charge is 0.372 e. The summed E-state index contributed by atoms with van der Waals surface area (Å²) in [5.74, 6) is -0.258. The highest BCUT2D eigenvalue weighted by Gasteiger charge is 2.17. The minimum Gasteiger partial charge on any atom is -0.372 e. The summed E-state index contributed by atoms with van der Waals surface area (Å²) in [5, 5.41) is 0. The number of rotatable bonds is 7. The molecule has 2 N–H and O–H groups in total. The molecule has 112 valence electrons. The molecule has 21 heavy (non-hydrogen) atoms. The molecule has 2 atom stereocenters. The average molecular weight is 287 g/mol. The Labute approximate surface area is 125 Å². The molecule has 2 aromatic carbocycles. The Kier molecular flexibility index (Phi) is 5.90. The monoisotopic (exact) mass is 287 g/mol. The average Bonchev–Trinajstić information content (AvgIpc) is 2.48. The van der Waals surface area contributed by atoms with E-state index in [1.807, 2.05) is 31.2 Å². The Balaban J connectivity index is 1.86. The molecular formula is C18H22FNO. The number of hydrogen-bond acceptors (Lipinski definition) is 2. The van der Waals surface area contributed by atoms with Crippen molar-refractivity contribution in [3.63, 3.8) is 0 Å². The summed E-state index contributed by atoms with van der Waals surface area (Å²) in [6.07, 6.45) is 1.62.